The Morgan fingerprint density at radius 1 is 1.33 bits per heavy atom. The topological polar surface area (TPSA) is 9.23 Å². The Hall–Kier alpha value is 0.440. The van der Waals surface area contributed by atoms with Crippen molar-refractivity contribution in [3.05, 3.63) is 0 Å². The van der Waals surface area contributed by atoms with Crippen molar-refractivity contribution < 1.29 is 4.74 Å². The highest BCUT2D eigenvalue weighted by Gasteiger charge is 2.44. The minimum Gasteiger partial charge on any atom is -0.372 e. The van der Waals surface area contributed by atoms with Crippen molar-refractivity contribution >= 4 is 15.9 Å². The molecule has 0 aromatic carbocycles. The largest absolute Gasteiger partial charge is 0.372 e. The molecule has 2 unspecified atom stereocenters. The lowest BCUT2D eigenvalue weighted by Crippen LogP contribution is -2.29. The summed E-state index contributed by atoms with van der Waals surface area (Å²) in [6.45, 7) is 6.86. The van der Waals surface area contributed by atoms with Gasteiger partial charge in [0.05, 0.1) is 11.7 Å². The monoisotopic (exact) mass is 274 g/mol. The molecule has 0 spiro atoms. The van der Waals surface area contributed by atoms with Gasteiger partial charge < -0.3 is 4.74 Å². The zero-order valence-electron chi connectivity index (χ0n) is 10.2. The lowest BCUT2D eigenvalue weighted by Gasteiger charge is -2.31. The van der Waals surface area contributed by atoms with E-state index in [1.54, 1.807) is 0 Å². The zero-order valence-corrected chi connectivity index (χ0v) is 11.8. The summed E-state index contributed by atoms with van der Waals surface area (Å²) in [5.74, 6) is 0.948. The molecule has 2 heteroatoms. The van der Waals surface area contributed by atoms with Gasteiger partial charge in [-0.3, -0.25) is 0 Å². The Labute approximate surface area is 102 Å². The number of rotatable bonds is 4. The third-order valence-corrected chi connectivity index (χ3v) is 5.40. The maximum absolute atomic E-state index is 6.10. The van der Waals surface area contributed by atoms with Crippen LogP contribution in [-0.4, -0.2) is 17.0 Å². The molecule has 15 heavy (non-hydrogen) atoms. The predicted octanol–water partition coefficient (Wildman–Crippen LogP) is 4.15. The van der Waals surface area contributed by atoms with E-state index in [1.807, 2.05) is 0 Å². The van der Waals surface area contributed by atoms with Crippen LogP contribution >= 0.6 is 15.9 Å². The molecule has 1 aliphatic heterocycles. The van der Waals surface area contributed by atoms with Gasteiger partial charge in [0.1, 0.15) is 0 Å². The van der Waals surface area contributed by atoms with Crippen molar-refractivity contribution in [2.75, 3.05) is 5.33 Å². The summed E-state index contributed by atoms with van der Waals surface area (Å²) < 4.78 is 6.10. The minimum atomic E-state index is 0.126. The molecule has 1 saturated heterocycles. The van der Waals surface area contributed by atoms with E-state index in [2.05, 4.69) is 36.7 Å². The second-order valence-electron chi connectivity index (χ2n) is 6.30. The van der Waals surface area contributed by atoms with Gasteiger partial charge in [-0.2, -0.15) is 0 Å². The molecule has 1 nitrogen and oxygen atoms in total. The highest BCUT2D eigenvalue weighted by molar-refractivity contribution is 9.09. The van der Waals surface area contributed by atoms with Crippen LogP contribution in [-0.2, 0) is 4.74 Å². The van der Waals surface area contributed by atoms with Crippen LogP contribution in [0.25, 0.3) is 0 Å². The quantitative estimate of drug-likeness (QED) is 0.700. The summed E-state index contributed by atoms with van der Waals surface area (Å²) >= 11 is 3.69. The average molecular weight is 275 g/mol. The van der Waals surface area contributed by atoms with E-state index in [0.717, 1.165) is 11.2 Å². The van der Waals surface area contributed by atoms with Crippen LogP contribution in [0.2, 0.25) is 0 Å². The normalized spacial score (nSPS) is 34.0. The summed E-state index contributed by atoms with van der Waals surface area (Å²) in [6.07, 6.45) is 7.08. The lowest BCUT2D eigenvalue weighted by atomic mass is 9.81. The van der Waals surface area contributed by atoms with Gasteiger partial charge in [-0.25, -0.2) is 0 Å². The minimum absolute atomic E-state index is 0.126. The Balaban J connectivity index is 1.90. The third kappa shape index (κ3) is 2.76. The Bertz CT molecular complexity index is 235. The molecule has 2 rings (SSSR count). The second-order valence-corrected chi connectivity index (χ2v) is 6.87. The average Bonchev–Trinajstić information content (AvgIpc) is 2.93. The summed E-state index contributed by atoms with van der Waals surface area (Å²) in [4.78, 5) is 0. The van der Waals surface area contributed by atoms with Crippen molar-refractivity contribution in [1.29, 1.82) is 0 Å². The van der Waals surface area contributed by atoms with Crippen molar-refractivity contribution in [3.63, 3.8) is 0 Å². The van der Waals surface area contributed by atoms with Crippen molar-refractivity contribution in [3.8, 4) is 0 Å². The van der Waals surface area contributed by atoms with Crippen LogP contribution in [0.5, 0.6) is 0 Å². The van der Waals surface area contributed by atoms with E-state index in [-0.39, 0.29) is 5.60 Å². The molecule has 0 bridgehead atoms. The number of halogens is 1. The van der Waals surface area contributed by atoms with E-state index in [1.165, 1.54) is 32.1 Å². The summed E-state index contributed by atoms with van der Waals surface area (Å²) in [6, 6.07) is 0. The van der Waals surface area contributed by atoms with E-state index in [9.17, 15) is 0 Å². The van der Waals surface area contributed by atoms with Gasteiger partial charge in [-0.1, -0.05) is 22.9 Å². The molecule has 0 aromatic rings. The number of alkyl halides is 1. The Morgan fingerprint density at radius 3 is 2.40 bits per heavy atom. The summed E-state index contributed by atoms with van der Waals surface area (Å²) in [5, 5.41) is 1.13. The standard InChI is InChI=1S/C13H23BrO/c1-12(2)7-6-11(15-12)8-13(3,9-14)10-4-5-10/h10-11H,4-9H2,1-3H3. The molecule has 0 N–H and O–H groups in total. The van der Waals surface area contributed by atoms with Gasteiger partial charge in [0, 0.05) is 5.33 Å². The van der Waals surface area contributed by atoms with Crippen LogP contribution < -0.4 is 0 Å². The lowest BCUT2D eigenvalue weighted by molar-refractivity contribution is -0.0335. The second kappa shape index (κ2) is 4.03. The Kier molecular flexibility index (Phi) is 3.20. The first kappa shape index (κ1) is 11.9. The number of hydrogen-bond donors (Lipinski definition) is 0. The van der Waals surface area contributed by atoms with Crippen LogP contribution in [0.3, 0.4) is 0 Å². The molecule has 1 saturated carbocycles. The van der Waals surface area contributed by atoms with E-state index in [4.69, 9.17) is 4.74 Å². The molecule has 0 aromatic heterocycles. The predicted molar refractivity (Wildman–Crippen MR) is 67.4 cm³/mol. The Morgan fingerprint density at radius 2 is 2.00 bits per heavy atom. The SMILES string of the molecule is CC1(C)CCC(CC(C)(CBr)C2CC2)O1. The van der Waals surface area contributed by atoms with Gasteiger partial charge in [0.2, 0.25) is 0 Å². The molecule has 2 aliphatic rings. The molecular weight excluding hydrogens is 252 g/mol. The van der Waals surface area contributed by atoms with Gasteiger partial charge in [0.15, 0.2) is 0 Å². The first-order valence-electron chi connectivity index (χ1n) is 6.19. The van der Waals surface area contributed by atoms with Crippen molar-refractivity contribution in [2.24, 2.45) is 11.3 Å². The van der Waals surface area contributed by atoms with Gasteiger partial charge >= 0.3 is 0 Å². The first-order chi connectivity index (χ1) is 6.95. The molecule has 1 aliphatic carbocycles. The van der Waals surface area contributed by atoms with Crippen molar-refractivity contribution in [1.82, 2.24) is 0 Å². The third-order valence-electron chi connectivity index (χ3n) is 4.12. The smallest absolute Gasteiger partial charge is 0.0631 e. The molecular formula is C13H23BrO. The van der Waals surface area contributed by atoms with Crippen molar-refractivity contribution in [2.45, 2.75) is 64.6 Å². The summed E-state index contributed by atoms with van der Waals surface area (Å²) in [7, 11) is 0. The molecule has 0 amide bonds. The molecule has 2 fully saturated rings. The molecule has 2 atom stereocenters. The highest BCUT2D eigenvalue weighted by Crippen LogP contribution is 2.50. The number of hydrogen-bond acceptors (Lipinski definition) is 1. The van der Waals surface area contributed by atoms with Crippen LogP contribution in [0.1, 0.15) is 52.9 Å². The fourth-order valence-electron chi connectivity index (χ4n) is 2.85. The maximum atomic E-state index is 6.10. The molecule has 1 heterocycles. The molecule has 88 valence electrons. The highest BCUT2D eigenvalue weighted by atomic mass is 79.9. The first-order valence-corrected chi connectivity index (χ1v) is 7.31. The zero-order chi connectivity index (χ0) is 11.1. The summed E-state index contributed by atoms with van der Waals surface area (Å²) in [5.41, 5.74) is 0.604. The van der Waals surface area contributed by atoms with E-state index >= 15 is 0 Å². The van der Waals surface area contributed by atoms with Crippen LogP contribution in [0, 0.1) is 11.3 Å². The molecule has 0 radical (unpaired) electrons. The fraction of sp³-hybridized carbons (Fsp3) is 1.00. The van der Waals surface area contributed by atoms with Gasteiger partial charge in [-0.15, -0.1) is 0 Å². The van der Waals surface area contributed by atoms with E-state index in [0.29, 0.717) is 11.5 Å². The van der Waals surface area contributed by atoms with Gasteiger partial charge in [-0.05, 0) is 57.3 Å². The fourth-order valence-corrected chi connectivity index (χ4v) is 3.54. The number of ether oxygens (including phenoxy) is 1. The van der Waals surface area contributed by atoms with Gasteiger partial charge in [0.25, 0.3) is 0 Å². The van der Waals surface area contributed by atoms with Crippen LogP contribution in [0.4, 0.5) is 0 Å². The van der Waals surface area contributed by atoms with Crippen LogP contribution in [0.15, 0.2) is 0 Å². The maximum Gasteiger partial charge on any atom is 0.0631 e. The van der Waals surface area contributed by atoms with E-state index < -0.39 is 0 Å².